The van der Waals surface area contributed by atoms with Crippen LogP contribution in [0, 0.1) is 0 Å². The van der Waals surface area contributed by atoms with Gasteiger partial charge in [0.1, 0.15) is 0 Å². The van der Waals surface area contributed by atoms with E-state index < -0.39 is 9.84 Å². The summed E-state index contributed by atoms with van der Waals surface area (Å²) in [6.07, 6.45) is 6.29. The monoisotopic (exact) mass is 440 g/mol. The Morgan fingerprint density at radius 1 is 1.03 bits per heavy atom. The third kappa shape index (κ3) is 5.01. The molecule has 2 aromatic carbocycles. The molecule has 0 aliphatic carbocycles. The van der Waals surface area contributed by atoms with E-state index in [1.807, 2.05) is 6.92 Å². The Bertz CT molecular complexity index is 991. The molecular weight excluding hydrogens is 408 g/mol. The van der Waals surface area contributed by atoms with Crippen molar-refractivity contribution in [3.05, 3.63) is 65.7 Å². The number of piperidine rings is 1. The number of nitrogens with zero attached hydrogens (tertiary/aromatic N) is 1. The predicted octanol–water partition coefficient (Wildman–Crippen LogP) is 3.90. The predicted molar refractivity (Wildman–Crippen MR) is 123 cm³/mol. The van der Waals surface area contributed by atoms with E-state index in [1.165, 1.54) is 24.7 Å². The lowest BCUT2D eigenvalue weighted by Crippen LogP contribution is -2.50. The van der Waals surface area contributed by atoms with E-state index in [-0.39, 0.29) is 22.8 Å². The number of rotatable bonds is 7. The minimum absolute atomic E-state index is 0.0514. The van der Waals surface area contributed by atoms with Crippen molar-refractivity contribution in [2.24, 2.45) is 0 Å². The third-order valence-electron chi connectivity index (χ3n) is 6.87. The van der Waals surface area contributed by atoms with Gasteiger partial charge in [-0.3, -0.25) is 9.69 Å². The molecule has 2 fully saturated rings. The molecule has 2 aliphatic heterocycles. The van der Waals surface area contributed by atoms with Crippen molar-refractivity contribution < 1.29 is 13.2 Å². The normalized spacial score (nSPS) is 24.6. The molecule has 2 bridgehead atoms. The lowest BCUT2D eigenvalue weighted by atomic mass is 9.92. The first-order chi connectivity index (χ1) is 14.8. The Morgan fingerprint density at radius 3 is 2.19 bits per heavy atom. The summed E-state index contributed by atoms with van der Waals surface area (Å²) in [5.74, 6) is -0.205. The van der Waals surface area contributed by atoms with E-state index in [1.54, 1.807) is 24.3 Å². The second-order valence-electron chi connectivity index (χ2n) is 9.02. The van der Waals surface area contributed by atoms with Gasteiger partial charge in [-0.2, -0.15) is 0 Å². The quantitative estimate of drug-likeness (QED) is 0.709. The smallest absolute Gasteiger partial charge is 0.227 e. The number of amides is 1. The Hall–Kier alpha value is -2.18. The molecule has 3 atom stereocenters. The second-order valence-corrected chi connectivity index (χ2v) is 11.0. The average molecular weight is 441 g/mol. The van der Waals surface area contributed by atoms with Gasteiger partial charge >= 0.3 is 0 Å². The van der Waals surface area contributed by atoms with Gasteiger partial charge in [0, 0.05) is 30.9 Å². The van der Waals surface area contributed by atoms with E-state index in [0.29, 0.717) is 18.5 Å². The molecule has 0 aromatic heterocycles. The van der Waals surface area contributed by atoms with Crippen molar-refractivity contribution in [1.82, 2.24) is 10.2 Å². The van der Waals surface area contributed by atoms with Gasteiger partial charge in [0.2, 0.25) is 5.91 Å². The summed E-state index contributed by atoms with van der Waals surface area (Å²) in [5.41, 5.74) is 2.22. The third-order valence-corrected chi connectivity index (χ3v) is 8.00. The molecule has 2 saturated heterocycles. The number of sulfone groups is 1. The van der Waals surface area contributed by atoms with Crippen LogP contribution in [0.4, 0.5) is 0 Å². The summed E-state index contributed by atoms with van der Waals surface area (Å²) in [6, 6.07) is 18.6. The van der Waals surface area contributed by atoms with E-state index in [0.717, 1.165) is 24.9 Å². The second kappa shape index (κ2) is 9.13. The zero-order chi connectivity index (χ0) is 22.0. The molecule has 3 unspecified atom stereocenters. The van der Waals surface area contributed by atoms with Crippen LogP contribution >= 0.6 is 0 Å². The first kappa shape index (κ1) is 22.0. The molecule has 2 aliphatic rings. The zero-order valence-corrected chi connectivity index (χ0v) is 19.1. The summed E-state index contributed by atoms with van der Waals surface area (Å²) in [4.78, 5) is 16.0. The van der Waals surface area contributed by atoms with Crippen molar-refractivity contribution in [3.8, 4) is 0 Å². The topological polar surface area (TPSA) is 66.5 Å². The number of fused-ring (bicyclic) bond motifs is 2. The fraction of sp³-hybridized carbons (Fsp3) is 0.480. The summed E-state index contributed by atoms with van der Waals surface area (Å²) in [7, 11) is -3.23. The highest BCUT2D eigenvalue weighted by Crippen LogP contribution is 2.37. The van der Waals surface area contributed by atoms with Crippen LogP contribution in [0.1, 0.15) is 56.1 Å². The average Bonchev–Trinajstić information content (AvgIpc) is 2.97. The van der Waals surface area contributed by atoms with Crippen LogP contribution in [0.2, 0.25) is 0 Å². The van der Waals surface area contributed by atoms with E-state index in [2.05, 4.69) is 40.5 Å². The number of carbonyl (C=O) groups is 1. The molecule has 1 N–H and O–H groups in total. The molecule has 6 heteroatoms. The van der Waals surface area contributed by atoms with E-state index in [4.69, 9.17) is 0 Å². The maximum absolute atomic E-state index is 13.1. The van der Waals surface area contributed by atoms with E-state index >= 15 is 0 Å². The van der Waals surface area contributed by atoms with Crippen molar-refractivity contribution >= 4 is 15.7 Å². The first-order valence-corrected chi connectivity index (χ1v) is 13.1. The maximum Gasteiger partial charge on any atom is 0.227 e. The van der Waals surface area contributed by atoms with Gasteiger partial charge in [0.05, 0.1) is 10.8 Å². The number of carbonyl (C=O) groups excluding carboxylic acids is 1. The van der Waals surface area contributed by atoms with Crippen molar-refractivity contribution in [3.63, 3.8) is 0 Å². The van der Waals surface area contributed by atoms with Crippen LogP contribution in [0.5, 0.6) is 0 Å². The molecule has 2 heterocycles. The fourth-order valence-electron chi connectivity index (χ4n) is 5.27. The number of hydrogen-bond donors (Lipinski definition) is 1. The summed E-state index contributed by atoms with van der Waals surface area (Å²) in [6.45, 7) is 2.99. The van der Waals surface area contributed by atoms with Crippen LogP contribution in [-0.2, 0) is 21.2 Å². The molecular formula is C25H32N2O3S. The van der Waals surface area contributed by atoms with Gasteiger partial charge in [0.25, 0.3) is 0 Å². The first-order valence-electron chi connectivity index (χ1n) is 11.2. The van der Waals surface area contributed by atoms with Gasteiger partial charge in [-0.25, -0.2) is 8.42 Å². The van der Waals surface area contributed by atoms with Crippen LogP contribution < -0.4 is 5.32 Å². The number of hydrogen-bond acceptors (Lipinski definition) is 4. The van der Waals surface area contributed by atoms with Gasteiger partial charge in [-0.1, -0.05) is 49.4 Å². The van der Waals surface area contributed by atoms with Gasteiger partial charge in [-0.15, -0.1) is 0 Å². The standard InChI is InChI=1S/C25H32N2O3S/c1-3-24(19-9-13-23(14-10-19)31(2,29)30)25(28)26-20-15-21-11-12-22(16-20)27(21)17-18-7-5-4-6-8-18/h4-10,13-14,20-22,24H,3,11-12,15-17H2,1-2H3,(H,26,28). The lowest BCUT2D eigenvalue weighted by molar-refractivity contribution is -0.123. The van der Waals surface area contributed by atoms with Crippen LogP contribution in [-0.4, -0.2) is 43.6 Å². The lowest BCUT2D eigenvalue weighted by Gasteiger charge is -2.39. The Kier molecular flexibility index (Phi) is 6.49. The highest BCUT2D eigenvalue weighted by molar-refractivity contribution is 7.90. The zero-order valence-electron chi connectivity index (χ0n) is 18.3. The molecule has 0 radical (unpaired) electrons. The number of benzene rings is 2. The van der Waals surface area contributed by atoms with Crippen LogP contribution in [0.3, 0.4) is 0 Å². The van der Waals surface area contributed by atoms with Crippen molar-refractivity contribution in [2.75, 3.05) is 6.26 Å². The molecule has 0 saturated carbocycles. The van der Waals surface area contributed by atoms with Crippen LogP contribution in [0.15, 0.2) is 59.5 Å². The summed E-state index contributed by atoms with van der Waals surface area (Å²) < 4.78 is 23.4. The molecule has 5 nitrogen and oxygen atoms in total. The van der Waals surface area contributed by atoms with Crippen LogP contribution in [0.25, 0.3) is 0 Å². The van der Waals surface area contributed by atoms with Gasteiger partial charge in [0.15, 0.2) is 9.84 Å². The molecule has 0 spiro atoms. The molecule has 1 amide bonds. The summed E-state index contributed by atoms with van der Waals surface area (Å²) >= 11 is 0. The van der Waals surface area contributed by atoms with Gasteiger partial charge in [-0.05, 0) is 55.4 Å². The Balaban J connectivity index is 1.38. The van der Waals surface area contributed by atoms with Crippen molar-refractivity contribution in [1.29, 1.82) is 0 Å². The molecule has 4 rings (SSSR count). The molecule has 2 aromatic rings. The summed E-state index contributed by atoms with van der Waals surface area (Å²) in [5, 5.41) is 3.31. The molecule has 166 valence electrons. The SMILES string of the molecule is CCC(C(=O)NC1CC2CCC(C1)N2Cc1ccccc1)c1ccc(S(C)(=O)=O)cc1. The molecule has 31 heavy (non-hydrogen) atoms. The fourth-order valence-corrected chi connectivity index (χ4v) is 5.90. The minimum Gasteiger partial charge on any atom is -0.353 e. The number of nitrogens with one attached hydrogen (secondary N) is 1. The van der Waals surface area contributed by atoms with Gasteiger partial charge < -0.3 is 5.32 Å². The Morgan fingerprint density at radius 2 is 1.65 bits per heavy atom. The van der Waals surface area contributed by atoms with E-state index in [9.17, 15) is 13.2 Å². The minimum atomic E-state index is -3.23. The highest BCUT2D eigenvalue weighted by atomic mass is 32.2. The highest BCUT2D eigenvalue weighted by Gasteiger charge is 2.41. The largest absolute Gasteiger partial charge is 0.353 e. The Labute approximate surface area is 185 Å². The maximum atomic E-state index is 13.1. The van der Waals surface area contributed by atoms with Crippen molar-refractivity contribution in [2.45, 2.75) is 74.5 Å².